The van der Waals surface area contributed by atoms with E-state index in [0.29, 0.717) is 11.6 Å². The van der Waals surface area contributed by atoms with E-state index < -0.39 is 0 Å². The van der Waals surface area contributed by atoms with Crippen molar-refractivity contribution in [3.05, 3.63) is 11.8 Å². The van der Waals surface area contributed by atoms with Gasteiger partial charge in [0.25, 0.3) is 0 Å². The third-order valence-electron chi connectivity index (χ3n) is 2.37. The maximum Gasteiger partial charge on any atom is 0.320 e. The fraction of sp³-hybridized carbons (Fsp3) is 0.600. The molecule has 3 N–H and O–H groups in total. The highest BCUT2D eigenvalue weighted by Crippen LogP contribution is 2.07. The Morgan fingerprint density at radius 1 is 1.62 bits per heavy atom. The number of urea groups is 1. The zero-order chi connectivity index (χ0) is 12.1. The molecule has 1 heterocycles. The summed E-state index contributed by atoms with van der Waals surface area (Å²) in [5, 5.41) is 17.8. The Bertz CT molecular complexity index is 351. The van der Waals surface area contributed by atoms with Crippen molar-refractivity contribution in [1.82, 2.24) is 10.5 Å². The zero-order valence-corrected chi connectivity index (χ0v) is 9.65. The van der Waals surface area contributed by atoms with Gasteiger partial charge in [-0.15, -0.1) is 0 Å². The monoisotopic (exact) mass is 227 g/mol. The van der Waals surface area contributed by atoms with E-state index >= 15 is 0 Å². The molecule has 0 saturated carbocycles. The minimum Gasteiger partial charge on any atom is -0.396 e. The van der Waals surface area contributed by atoms with Crippen LogP contribution in [-0.4, -0.2) is 28.9 Å². The second-order valence-electron chi connectivity index (χ2n) is 3.87. The topological polar surface area (TPSA) is 87.4 Å². The molecule has 6 nitrogen and oxygen atoms in total. The van der Waals surface area contributed by atoms with Crippen molar-refractivity contribution >= 4 is 11.8 Å². The molecule has 2 amide bonds. The molecule has 2 atom stereocenters. The summed E-state index contributed by atoms with van der Waals surface area (Å²) in [5.41, 5.74) is 0. The summed E-state index contributed by atoms with van der Waals surface area (Å²) in [6.45, 7) is 5.46. The van der Waals surface area contributed by atoms with Crippen LogP contribution in [0.4, 0.5) is 10.6 Å². The second kappa shape index (κ2) is 5.50. The quantitative estimate of drug-likeness (QED) is 0.719. The smallest absolute Gasteiger partial charge is 0.320 e. The molecule has 1 aromatic heterocycles. The number of anilines is 1. The molecular weight excluding hydrogens is 210 g/mol. The summed E-state index contributed by atoms with van der Waals surface area (Å²) in [6, 6.07) is 1.15. The molecule has 1 aromatic rings. The van der Waals surface area contributed by atoms with Crippen LogP contribution in [0.3, 0.4) is 0 Å². The number of aliphatic hydroxyl groups excluding tert-OH is 1. The lowest BCUT2D eigenvalue weighted by molar-refractivity contribution is 0.204. The third-order valence-corrected chi connectivity index (χ3v) is 2.37. The highest BCUT2D eigenvalue weighted by atomic mass is 16.5. The van der Waals surface area contributed by atoms with Crippen LogP contribution in [0.2, 0.25) is 0 Å². The van der Waals surface area contributed by atoms with E-state index in [1.54, 1.807) is 13.0 Å². The van der Waals surface area contributed by atoms with E-state index in [4.69, 9.17) is 9.63 Å². The number of carbonyl (C=O) groups is 1. The SMILES string of the molecule is Cc1cc(NC(=O)NC(C)C(C)CO)no1. The first-order chi connectivity index (χ1) is 7.52. The number of hydrogen-bond acceptors (Lipinski definition) is 4. The van der Waals surface area contributed by atoms with Crippen molar-refractivity contribution < 1.29 is 14.4 Å². The molecule has 1 rings (SSSR count). The van der Waals surface area contributed by atoms with Gasteiger partial charge in [-0.3, -0.25) is 5.32 Å². The summed E-state index contributed by atoms with van der Waals surface area (Å²) in [4.78, 5) is 11.5. The first-order valence-corrected chi connectivity index (χ1v) is 5.14. The van der Waals surface area contributed by atoms with Gasteiger partial charge in [-0.2, -0.15) is 0 Å². The highest BCUT2D eigenvalue weighted by molar-refractivity contribution is 5.88. The molecule has 16 heavy (non-hydrogen) atoms. The van der Waals surface area contributed by atoms with Crippen LogP contribution < -0.4 is 10.6 Å². The second-order valence-corrected chi connectivity index (χ2v) is 3.87. The van der Waals surface area contributed by atoms with Gasteiger partial charge in [-0.25, -0.2) is 4.79 Å². The Kier molecular flexibility index (Phi) is 4.30. The number of aryl methyl sites for hydroxylation is 1. The molecule has 0 fully saturated rings. The van der Waals surface area contributed by atoms with Crippen LogP contribution in [0.15, 0.2) is 10.6 Å². The first-order valence-electron chi connectivity index (χ1n) is 5.14. The van der Waals surface area contributed by atoms with Gasteiger partial charge < -0.3 is 14.9 Å². The first kappa shape index (κ1) is 12.5. The molecule has 90 valence electrons. The molecule has 0 saturated heterocycles. The normalized spacial score (nSPS) is 14.2. The lowest BCUT2D eigenvalue weighted by Crippen LogP contribution is -2.40. The maximum absolute atomic E-state index is 11.5. The third kappa shape index (κ3) is 3.54. The summed E-state index contributed by atoms with van der Waals surface area (Å²) < 4.78 is 4.81. The molecule has 0 aromatic carbocycles. The van der Waals surface area contributed by atoms with Crippen molar-refractivity contribution in [2.24, 2.45) is 5.92 Å². The molecule has 0 aliphatic carbocycles. The van der Waals surface area contributed by atoms with Gasteiger partial charge >= 0.3 is 6.03 Å². The van der Waals surface area contributed by atoms with Gasteiger partial charge in [0.05, 0.1) is 0 Å². The summed E-state index contributed by atoms with van der Waals surface area (Å²) in [5.74, 6) is 1.01. The van der Waals surface area contributed by atoms with E-state index in [9.17, 15) is 4.79 Å². The Labute approximate surface area is 94.0 Å². The summed E-state index contributed by atoms with van der Waals surface area (Å²) in [7, 11) is 0. The number of hydrogen-bond donors (Lipinski definition) is 3. The van der Waals surface area contributed by atoms with Crippen molar-refractivity contribution in [1.29, 1.82) is 0 Å². The van der Waals surface area contributed by atoms with E-state index in [1.807, 2.05) is 13.8 Å². The number of amides is 2. The molecule has 0 aliphatic rings. The molecule has 2 unspecified atom stereocenters. The minimum absolute atomic E-state index is 0.00444. The van der Waals surface area contributed by atoms with E-state index in [2.05, 4.69) is 15.8 Å². The molecule has 0 aliphatic heterocycles. The minimum atomic E-state index is -0.360. The van der Waals surface area contributed by atoms with Crippen LogP contribution in [0.25, 0.3) is 0 Å². The van der Waals surface area contributed by atoms with Crippen molar-refractivity contribution in [3.63, 3.8) is 0 Å². The van der Waals surface area contributed by atoms with Crippen LogP contribution >= 0.6 is 0 Å². The van der Waals surface area contributed by atoms with Gasteiger partial charge in [0.2, 0.25) is 0 Å². The molecule has 0 radical (unpaired) electrons. The Morgan fingerprint density at radius 2 is 2.31 bits per heavy atom. The number of carbonyl (C=O) groups excluding carboxylic acids is 1. The maximum atomic E-state index is 11.5. The number of aliphatic hydroxyl groups is 1. The Morgan fingerprint density at radius 3 is 2.81 bits per heavy atom. The standard InChI is InChI=1S/C10H17N3O3/c1-6(5-14)8(3)11-10(15)12-9-4-7(2)16-13-9/h4,6,8,14H,5H2,1-3H3,(H2,11,12,13,15). The van der Waals surface area contributed by atoms with E-state index in [0.717, 1.165) is 0 Å². The summed E-state index contributed by atoms with van der Waals surface area (Å²) in [6.07, 6.45) is 0. The van der Waals surface area contributed by atoms with Crippen LogP contribution in [0.5, 0.6) is 0 Å². The number of nitrogens with zero attached hydrogens (tertiary/aromatic N) is 1. The fourth-order valence-electron chi connectivity index (χ4n) is 1.08. The zero-order valence-electron chi connectivity index (χ0n) is 9.65. The van der Waals surface area contributed by atoms with E-state index in [1.165, 1.54) is 0 Å². The van der Waals surface area contributed by atoms with Crippen molar-refractivity contribution in [3.8, 4) is 0 Å². The fourth-order valence-corrected chi connectivity index (χ4v) is 1.08. The van der Waals surface area contributed by atoms with Crippen LogP contribution in [-0.2, 0) is 0 Å². The number of aromatic nitrogens is 1. The molecule has 0 spiro atoms. The van der Waals surface area contributed by atoms with Crippen LogP contribution in [0.1, 0.15) is 19.6 Å². The number of rotatable bonds is 4. The predicted molar refractivity (Wildman–Crippen MR) is 59.1 cm³/mol. The average Bonchev–Trinajstić information content (AvgIpc) is 2.62. The van der Waals surface area contributed by atoms with Crippen LogP contribution in [0, 0.1) is 12.8 Å². The molecule has 6 heteroatoms. The van der Waals surface area contributed by atoms with E-state index in [-0.39, 0.29) is 24.6 Å². The van der Waals surface area contributed by atoms with Gasteiger partial charge in [0.15, 0.2) is 5.82 Å². The Balaban J connectivity index is 2.42. The van der Waals surface area contributed by atoms with Gasteiger partial charge in [0, 0.05) is 18.7 Å². The van der Waals surface area contributed by atoms with Crippen molar-refractivity contribution in [2.75, 3.05) is 11.9 Å². The Hall–Kier alpha value is -1.56. The largest absolute Gasteiger partial charge is 0.396 e. The van der Waals surface area contributed by atoms with Gasteiger partial charge in [-0.1, -0.05) is 12.1 Å². The average molecular weight is 227 g/mol. The van der Waals surface area contributed by atoms with Gasteiger partial charge in [-0.05, 0) is 19.8 Å². The molecular formula is C10H17N3O3. The lowest BCUT2D eigenvalue weighted by atomic mass is 10.1. The lowest BCUT2D eigenvalue weighted by Gasteiger charge is -2.18. The highest BCUT2D eigenvalue weighted by Gasteiger charge is 2.14. The molecule has 0 bridgehead atoms. The summed E-state index contributed by atoms with van der Waals surface area (Å²) >= 11 is 0. The van der Waals surface area contributed by atoms with Gasteiger partial charge in [0.1, 0.15) is 5.76 Å². The number of nitrogens with one attached hydrogen (secondary N) is 2. The van der Waals surface area contributed by atoms with Crippen molar-refractivity contribution in [2.45, 2.75) is 26.8 Å². The predicted octanol–water partition coefficient (Wildman–Crippen LogP) is 1.12.